The van der Waals surface area contributed by atoms with Gasteiger partial charge in [-0.1, -0.05) is 32.0 Å². The Hall–Kier alpha value is -1.26. The predicted octanol–water partition coefficient (Wildman–Crippen LogP) is 3.19. The smallest absolute Gasteiger partial charge is 0.220 e. The first-order valence-electron chi connectivity index (χ1n) is 7.76. The number of carbonyl (C=O) groups is 1. The van der Waals surface area contributed by atoms with E-state index in [4.69, 9.17) is 10.5 Å². The van der Waals surface area contributed by atoms with Crippen molar-refractivity contribution in [2.45, 2.75) is 46.1 Å². The molecule has 0 bridgehead atoms. The Morgan fingerprint density at radius 1 is 1.32 bits per heavy atom. The molecule has 0 aliphatic carbocycles. The lowest BCUT2D eigenvalue weighted by Gasteiger charge is -2.20. The van der Waals surface area contributed by atoms with Gasteiger partial charge >= 0.3 is 0 Å². The van der Waals surface area contributed by atoms with E-state index in [1.165, 1.54) is 0 Å². The quantitative estimate of drug-likeness (QED) is 0.684. The third kappa shape index (κ3) is 7.66. The molecule has 0 aliphatic rings. The number of ether oxygens (including phenoxy) is 1. The van der Waals surface area contributed by atoms with Gasteiger partial charge in [-0.05, 0) is 37.3 Å². The first-order valence-corrected chi connectivity index (χ1v) is 7.76. The molecule has 0 heterocycles. The summed E-state index contributed by atoms with van der Waals surface area (Å²) >= 11 is 0. The van der Waals surface area contributed by atoms with Crippen molar-refractivity contribution in [1.82, 2.24) is 5.32 Å². The second kappa shape index (κ2) is 11.3. The number of nitrogens with one attached hydrogen (secondary N) is 1. The van der Waals surface area contributed by atoms with Gasteiger partial charge in [-0.25, -0.2) is 0 Å². The van der Waals surface area contributed by atoms with Crippen molar-refractivity contribution in [2.75, 3.05) is 18.9 Å². The van der Waals surface area contributed by atoms with Gasteiger partial charge in [0.25, 0.3) is 0 Å². The molecule has 1 unspecified atom stereocenters. The number of nitrogen functional groups attached to an aromatic ring is 1. The number of hydrogen-bond acceptors (Lipinski definition) is 3. The minimum Gasteiger partial charge on any atom is -0.399 e. The second-order valence-electron chi connectivity index (χ2n) is 5.58. The molecule has 1 aromatic rings. The molecule has 0 saturated carbocycles. The molecule has 1 aromatic carbocycles. The third-order valence-electron chi connectivity index (χ3n) is 3.55. The van der Waals surface area contributed by atoms with E-state index in [0.717, 1.165) is 17.7 Å². The van der Waals surface area contributed by atoms with Crippen LogP contribution in [-0.2, 0) is 16.0 Å². The highest BCUT2D eigenvalue weighted by atomic mass is 35.5. The molecular formula is C17H29ClN2O2. The molecule has 126 valence electrons. The highest BCUT2D eigenvalue weighted by molar-refractivity contribution is 5.85. The number of carbonyl (C=O) groups excluding carboxylic acids is 1. The van der Waals surface area contributed by atoms with Crippen LogP contribution in [0.4, 0.5) is 5.69 Å². The fourth-order valence-electron chi connectivity index (χ4n) is 2.28. The van der Waals surface area contributed by atoms with E-state index in [0.29, 0.717) is 31.9 Å². The molecule has 1 rings (SSSR count). The van der Waals surface area contributed by atoms with Gasteiger partial charge in [0.1, 0.15) is 0 Å². The van der Waals surface area contributed by atoms with E-state index < -0.39 is 0 Å². The topological polar surface area (TPSA) is 64.3 Å². The number of aryl methyl sites for hydroxylation is 1. The molecule has 4 nitrogen and oxygen atoms in total. The van der Waals surface area contributed by atoms with Crippen LogP contribution in [0.2, 0.25) is 0 Å². The van der Waals surface area contributed by atoms with Crippen LogP contribution in [0.1, 0.15) is 39.2 Å². The lowest BCUT2D eigenvalue weighted by atomic mass is 10.0. The lowest BCUT2D eigenvalue weighted by molar-refractivity contribution is -0.121. The van der Waals surface area contributed by atoms with Crippen molar-refractivity contribution in [2.24, 2.45) is 5.92 Å². The highest BCUT2D eigenvalue weighted by Gasteiger charge is 2.13. The highest BCUT2D eigenvalue weighted by Crippen LogP contribution is 2.13. The number of rotatable bonds is 9. The third-order valence-corrected chi connectivity index (χ3v) is 3.55. The van der Waals surface area contributed by atoms with E-state index in [2.05, 4.69) is 19.2 Å². The standard InChI is InChI=1S/C17H28N2O2.ClH/c1-4-21-16(13(2)3)11-12-19-17(20)10-9-14-7-5-6-8-15(14)18;/h5-8,13,16H,4,9-12,18H2,1-3H3,(H,19,20);1H. The van der Waals surface area contributed by atoms with Crippen LogP contribution >= 0.6 is 12.4 Å². The van der Waals surface area contributed by atoms with Crippen molar-refractivity contribution in [1.29, 1.82) is 0 Å². The summed E-state index contributed by atoms with van der Waals surface area (Å²) in [6.45, 7) is 7.65. The molecule has 3 N–H and O–H groups in total. The van der Waals surface area contributed by atoms with Crippen molar-refractivity contribution in [3.05, 3.63) is 29.8 Å². The van der Waals surface area contributed by atoms with E-state index in [1.807, 2.05) is 31.2 Å². The first kappa shape index (κ1) is 20.7. The molecule has 5 heteroatoms. The molecule has 0 radical (unpaired) electrons. The average Bonchev–Trinajstić information content (AvgIpc) is 2.45. The molecule has 22 heavy (non-hydrogen) atoms. The lowest BCUT2D eigenvalue weighted by Crippen LogP contribution is -2.30. The maximum absolute atomic E-state index is 11.8. The van der Waals surface area contributed by atoms with Crippen molar-refractivity contribution < 1.29 is 9.53 Å². The van der Waals surface area contributed by atoms with Gasteiger partial charge in [-0.2, -0.15) is 0 Å². The molecule has 0 aromatic heterocycles. The van der Waals surface area contributed by atoms with Crippen LogP contribution in [0.5, 0.6) is 0 Å². The normalized spacial score (nSPS) is 11.8. The van der Waals surface area contributed by atoms with E-state index >= 15 is 0 Å². The number of nitrogens with two attached hydrogens (primary N) is 1. The molecule has 1 atom stereocenters. The van der Waals surface area contributed by atoms with Crippen molar-refractivity contribution >= 4 is 24.0 Å². The SMILES string of the molecule is CCOC(CCNC(=O)CCc1ccccc1N)C(C)C.Cl. The van der Waals surface area contributed by atoms with Gasteiger partial charge in [0, 0.05) is 25.3 Å². The van der Waals surface area contributed by atoms with Crippen LogP contribution in [-0.4, -0.2) is 25.2 Å². The summed E-state index contributed by atoms with van der Waals surface area (Å²) in [6.07, 6.45) is 2.21. The summed E-state index contributed by atoms with van der Waals surface area (Å²) in [5, 5.41) is 2.96. The monoisotopic (exact) mass is 328 g/mol. The summed E-state index contributed by atoms with van der Waals surface area (Å²) in [7, 11) is 0. The Morgan fingerprint density at radius 3 is 2.59 bits per heavy atom. The fourth-order valence-corrected chi connectivity index (χ4v) is 2.28. The molecule has 0 fully saturated rings. The Labute approximate surface area is 140 Å². The minimum absolute atomic E-state index is 0. The minimum atomic E-state index is 0. The number of halogens is 1. The number of benzene rings is 1. The Bertz CT molecular complexity index is 438. The number of para-hydroxylation sites is 1. The zero-order valence-corrected chi connectivity index (χ0v) is 14.6. The van der Waals surface area contributed by atoms with E-state index in [9.17, 15) is 4.79 Å². The van der Waals surface area contributed by atoms with Crippen LogP contribution in [0.3, 0.4) is 0 Å². The first-order chi connectivity index (χ1) is 10.0. The molecule has 1 amide bonds. The fraction of sp³-hybridized carbons (Fsp3) is 0.588. The predicted molar refractivity (Wildman–Crippen MR) is 94.3 cm³/mol. The summed E-state index contributed by atoms with van der Waals surface area (Å²) in [6, 6.07) is 7.67. The molecular weight excluding hydrogens is 300 g/mol. The molecule has 0 saturated heterocycles. The summed E-state index contributed by atoms with van der Waals surface area (Å²) in [4.78, 5) is 11.8. The Balaban J connectivity index is 0.00000441. The summed E-state index contributed by atoms with van der Waals surface area (Å²) < 4.78 is 5.66. The second-order valence-corrected chi connectivity index (χ2v) is 5.58. The van der Waals surface area contributed by atoms with Crippen molar-refractivity contribution in [3.63, 3.8) is 0 Å². The molecule has 0 aliphatic heterocycles. The van der Waals surface area contributed by atoms with Crippen molar-refractivity contribution in [3.8, 4) is 0 Å². The van der Waals surface area contributed by atoms with Gasteiger partial charge in [0.15, 0.2) is 0 Å². The molecule has 0 spiro atoms. The van der Waals surface area contributed by atoms with Crippen LogP contribution in [0.25, 0.3) is 0 Å². The maximum atomic E-state index is 11.8. The van der Waals surface area contributed by atoms with Crippen LogP contribution in [0, 0.1) is 5.92 Å². The summed E-state index contributed by atoms with van der Waals surface area (Å²) in [5.41, 5.74) is 7.65. The Morgan fingerprint density at radius 2 is 2.00 bits per heavy atom. The summed E-state index contributed by atoms with van der Waals surface area (Å²) in [5.74, 6) is 0.531. The maximum Gasteiger partial charge on any atom is 0.220 e. The zero-order chi connectivity index (χ0) is 15.7. The number of anilines is 1. The van der Waals surface area contributed by atoms with Gasteiger partial charge < -0.3 is 15.8 Å². The van der Waals surface area contributed by atoms with E-state index in [-0.39, 0.29) is 24.4 Å². The van der Waals surface area contributed by atoms with Crippen LogP contribution in [0.15, 0.2) is 24.3 Å². The largest absolute Gasteiger partial charge is 0.399 e. The number of hydrogen-bond donors (Lipinski definition) is 2. The zero-order valence-electron chi connectivity index (χ0n) is 13.8. The average molecular weight is 329 g/mol. The number of amides is 1. The van der Waals surface area contributed by atoms with Gasteiger partial charge in [-0.3, -0.25) is 4.79 Å². The van der Waals surface area contributed by atoms with Gasteiger partial charge in [-0.15, -0.1) is 12.4 Å². The van der Waals surface area contributed by atoms with Crippen LogP contribution < -0.4 is 11.1 Å². The van der Waals surface area contributed by atoms with E-state index in [1.54, 1.807) is 0 Å². The van der Waals surface area contributed by atoms with Gasteiger partial charge in [0.05, 0.1) is 6.10 Å². The Kier molecular flexibility index (Phi) is 10.7. The van der Waals surface area contributed by atoms with Gasteiger partial charge in [0.2, 0.25) is 5.91 Å².